The highest BCUT2D eigenvalue weighted by molar-refractivity contribution is 5.96. The highest BCUT2D eigenvalue weighted by atomic mass is 16.5. The van der Waals surface area contributed by atoms with Gasteiger partial charge in [-0.1, -0.05) is 25.9 Å². The predicted octanol–water partition coefficient (Wildman–Crippen LogP) is 0.592. The first-order valence-electron chi connectivity index (χ1n) is 3.52. The number of H-pyrrole nitrogens is 1. The van der Waals surface area contributed by atoms with Crippen molar-refractivity contribution < 1.29 is 9.32 Å². The molecular formula is C7H10N2O3. The summed E-state index contributed by atoms with van der Waals surface area (Å²) in [5.41, 5.74) is -0.556. The Kier molecular flexibility index (Phi) is 1.87. The van der Waals surface area contributed by atoms with Gasteiger partial charge in [0.15, 0.2) is 0 Å². The van der Waals surface area contributed by atoms with Crippen LogP contribution < -0.4 is 5.76 Å². The van der Waals surface area contributed by atoms with Crippen LogP contribution in [0.15, 0.2) is 9.32 Å². The Morgan fingerprint density at radius 2 is 2.08 bits per heavy atom. The number of ketones is 1. The molecule has 0 amide bonds. The smallest absolute Gasteiger partial charge is 0.295 e. The second-order valence-electron chi connectivity index (χ2n) is 3.52. The Morgan fingerprint density at radius 1 is 1.50 bits per heavy atom. The molecule has 0 saturated heterocycles. The normalized spacial score (nSPS) is 11.6. The molecule has 1 N–H and O–H groups in total. The number of hydrogen-bond acceptors (Lipinski definition) is 4. The number of carbonyl (C=O) groups excluding carboxylic acids is 1. The van der Waals surface area contributed by atoms with Gasteiger partial charge in [-0.05, 0) is 0 Å². The van der Waals surface area contributed by atoms with Crippen molar-refractivity contribution in [2.75, 3.05) is 0 Å². The van der Waals surface area contributed by atoms with Gasteiger partial charge >= 0.3 is 5.76 Å². The Hall–Kier alpha value is -1.39. The molecule has 0 saturated carbocycles. The first-order valence-corrected chi connectivity index (χ1v) is 3.52. The van der Waals surface area contributed by atoms with Gasteiger partial charge in [0, 0.05) is 5.41 Å². The SMILES string of the molecule is CC(C)(C)C(=O)c1noc(=O)[nH]1. The Labute approximate surface area is 68.8 Å². The largest absolute Gasteiger partial charge is 0.439 e. The molecule has 0 aliphatic heterocycles. The van der Waals surface area contributed by atoms with Crippen LogP contribution in [0.5, 0.6) is 0 Å². The van der Waals surface area contributed by atoms with Gasteiger partial charge in [-0.15, -0.1) is 0 Å². The fourth-order valence-corrected chi connectivity index (χ4v) is 0.683. The number of nitrogens with zero attached hydrogens (tertiary/aromatic N) is 1. The zero-order chi connectivity index (χ0) is 9.35. The molecule has 0 spiro atoms. The summed E-state index contributed by atoms with van der Waals surface area (Å²) < 4.78 is 4.20. The van der Waals surface area contributed by atoms with Crippen LogP contribution in [-0.2, 0) is 0 Å². The number of rotatable bonds is 1. The fraction of sp³-hybridized carbons (Fsp3) is 0.571. The van der Waals surface area contributed by atoms with Crippen molar-refractivity contribution in [3.8, 4) is 0 Å². The van der Waals surface area contributed by atoms with Gasteiger partial charge in [0.1, 0.15) is 0 Å². The molecule has 1 aromatic heterocycles. The van der Waals surface area contributed by atoms with Crippen molar-refractivity contribution in [3.05, 3.63) is 16.4 Å². The van der Waals surface area contributed by atoms with E-state index in [1.807, 2.05) is 0 Å². The molecule has 0 atom stereocenters. The molecule has 0 radical (unpaired) electrons. The van der Waals surface area contributed by atoms with Crippen LogP contribution in [0.4, 0.5) is 0 Å². The zero-order valence-electron chi connectivity index (χ0n) is 7.17. The van der Waals surface area contributed by atoms with Crippen LogP contribution in [0.25, 0.3) is 0 Å². The lowest BCUT2D eigenvalue weighted by atomic mass is 9.90. The first kappa shape index (κ1) is 8.70. The average Bonchev–Trinajstić information content (AvgIpc) is 2.32. The lowest BCUT2D eigenvalue weighted by Gasteiger charge is -2.12. The second-order valence-corrected chi connectivity index (χ2v) is 3.52. The summed E-state index contributed by atoms with van der Waals surface area (Å²) in [5, 5.41) is 3.29. The molecule has 5 heteroatoms. The van der Waals surface area contributed by atoms with E-state index in [1.165, 1.54) is 0 Å². The molecule has 0 bridgehead atoms. The molecule has 0 fully saturated rings. The molecule has 12 heavy (non-hydrogen) atoms. The zero-order valence-corrected chi connectivity index (χ0v) is 7.17. The van der Waals surface area contributed by atoms with Crippen LogP contribution in [0.2, 0.25) is 0 Å². The maximum Gasteiger partial charge on any atom is 0.439 e. The number of aromatic amines is 1. The van der Waals surface area contributed by atoms with Gasteiger partial charge in [0.25, 0.3) is 0 Å². The summed E-state index contributed by atoms with van der Waals surface area (Å²) in [5.74, 6) is -0.969. The summed E-state index contributed by atoms with van der Waals surface area (Å²) >= 11 is 0. The summed E-state index contributed by atoms with van der Waals surface area (Å²) in [4.78, 5) is 24.1. The minimum absolute atomic E-state index is 0.0208. The molecule has 0 aromatic carbocycles. The van der Waals surface area contributed by atoms with E-state index in [-0.39, 0.29) is 11.6 Å². The number of carbonyl (C=O) groups is 1. The molecule has 1 rings (SSSR count). The first-order chi connectivity index (χ1) is 5.41. The topological polar surface area (TPSA) is 76.0 Å². The van der Waals surface area contributed by atoms with Crippen LogP contribution in [0.1, 0.15) is 31.4 Å². The van der Waals surface area contributed by atoms with Crippen LogP contribution >= 0.6 is 0 Å². The maximum absolute atomic E-state index is 11.4. The third-order valence-electron chi connectivity index (χ3n) is 1.34. The predicted molar refractivity (Wildman–Crippen MR) is 40.9 cm³/mol. The van der Waals surface area contributed by atoms with Gasteiger partial charge in [0.2, 0.25) is 11.6 Å². The van der Waals surface area contributed by atoms with Crippen molar-refractivity contribution in [1.29, 1.82) is 0 Å². The number of hydrogen-bond donors (Lipinski definition) is 1. The third kappa shape index (κ3) is 1.61. The van der Waals surface area contributed by atoms with Crippen molar-refractivity contribution in [2.24, 2.45) is 5.41 Å². The standard InChI is InChI=1S/C7H10N2O3/c1-7(2,3)4(10)5-8-6(11)12-9-5/h1-3H3,(H,8,9,11). The minimum Gasteiger partial charge on any atom is -0.295 e. The minimum atomic E-state index is -0.706. The van der Waals surface area contributed by atoms with E-state index in [2.05, 4.69) is 14.7 Å². The molecule has 66 valence electrons. The number of Topliss-reactive ketones (excluding diaryl/α,β-unsaturated/α-hetero) is 1. The molecule has 1 heterocycles. The van der Waals surface area contributed by atoms with Gasteiger partial charge < -0.3 is 0 Å². The summed E-state index contributed by atoms with van der Waals surface area (Å²) in [7, 11) is 0. The van der Waals surface area contributed by atoms with Gasteiger partial charge in [0.05, 0.1) is 0 Å². The van der Waals surface area contributed by atoms with E-state index in [0.717, 1.165) is 0 Å². The van der Waals surface area contributed by atoms with Gasteiger partial charge in [-0.2, -0.15) is 0 Å². The molecule has 1 aromatic rings. The van der Waals surface area contributed by atoms with Gasteiger partial charge in [-0.25, -0.2) is 4.79 Å². The third-order valence-corrected chi connectivity index (χ3v) is 1.34. The van der Waals surface area contributed by atoms with E-state index in [1.54, 1.807) is 20.8 Å². The lowest BCUT2D eigenvalue weighted by Crippen LogP contribution is -2.22. The Morgan fingerprint density at radius 3 is 2.42 bits per heavy atom. The van der Waals surface area contributed by atoms with Crippen molar-refractivity contribution in [1.82, 2.24) is 10.1 Å². The van der Waals surface area contributed by atoms with Crippen molar-refractivity contribution in [2.45, 2.75) is 20.8 Å². The van der Waals surface area contributed by atoms with E-state index in [4.69, 9.17) is 0 Å². The van der Waals surface area contributed by atoms with Crippen molar-refractivity contribution in [3.63, 3.8) is 0 Å². The van der Waals surface area contributed by atoms with Gasteiger partial charge in [-0.3, -0.25) is 14.3 Å². The van der Waals surface area contributed by atoms with Crippen LogP contribution in [0, 0.1) is 5.41 Å². The highest BCUT2D eigenvalue weighted by Crippen LogP contribution is 2.17. The number of aromatic nitrogens is 2. The fourth-order valence-electron chi connectivity index (χ4n) is 0.683. The summed E-state index contributed by atoms with van der Waals surface area (Å²) in [6, 6.07) is 0. The quantitative estimate of drug-likeness (QED) is 0.626. The Balaban J connectivity index is 3.01. The highest BCUT2D eigenvalue weighted by Gasteiger charge is 2.26. The molecular weight excluding hydrogens is 160 g/mol. The number of nitrogens with one attached hydrogen (secondary N) is 1. The maximum atomic E-state index is 11.4. The molecule has 0 aliphatic carbocycles. The molecule has 5 nitrogen and oxygen atoms in total. The molecule has 0 unspecified atom stereocenters. The van der Waals surface area contributed by atoms with E-state index in [9.17, 15) is 9.59 Å². The summed E-state index contributed by atoms with van der Waals surface area (Å²) in [6.45, 7) is 5.22. The molecule has 0 aliphatic rings. The van der Waals surface area contributed by atoms with Crippen molar-refractivity contribution >= 4 is 5.78 Å². The Bertz CT molecular complexity index is 342. The van der Waals surface area contributed by atoms with E-state index in [0.29, 0.717) is 0 Å². The monoisotopic (exact) mass is 170 g/mol. The second kappa shape index (κ2) is 2.58. The average molecular weight is 170 g/mol. The lowest BCUT2D eigenvalue weighted by molar-refractivity contribution is 0.0844. The van der Waals surface area contributed by atoms with E-state index >= 15 is 0 Å². The summed E-state index contributed by atoms with van der Waals surface area (Å²) in [6.07, 6.45) is 0. The van der Waals surface area contributed by atoms with Crippen LogP contribution in [-0.4, -0.2) is 15.9 Å². The van der Waals surface area contributed by atoms with E-state index < -0.39 is 11.2 Å². The van der Waals surface area contributed by atoms with Crippen LogP contribution in [0.3, 0.4) is 0 Å².